The van der Waals surface area contributed by atoms with Gasteiger partial charge in [0.15, 0.2) is 0 Å². The van der Waals surface area contributed by atoms with E-state index in [1.807, 2.05) is 35.5 Å². The van der Waals surface area contributed by atoms with Crippen LogP contribution in [-0.4, -0.2) is 33.9 Å². The summed E-state index contributed by atoms with van der Waals surface area (Å²) in [7, 11) is 1.79. The van der Waals surface area contributed by atoms with E-state index in [9.17, 15) is 14.4 Å². The Morgan fingerprint density at radius 1 is 1.12 bits per heavy atom. The molecule has 0 bridgehead atoms. The van der Waals surface area contributed by atoms with E-state index < -0.39 is 11.9 Å². The maximum Gasteiger partial charge on any atom is 0.254 e. The Morgan fingerprint density at radius 2 is 1.91 bits per heavy atom. The third-order valence-electron chi connectivity index (χ3n) is 7.48. The van der Waals surface area contributed by atoms with Crippen LogP contribution in [0, 0.1) is 17.1 Å². The minimum atomic E-state index is -0.551. The number of halogens is 3. The Balaban J connectivity index is 1.48. The van der Waals surface area contributed by atoms with Gasteiger partial charge in [0.05, 0.1) is 44.1 Å². The zero-order valence-corrected chi connectivity index (χ0v) is 25.0. The van der Waals surface area contributed by atoms with E-state index in [2.05, 4.69) is 46.5 Å². The van der Waals surface area contributed by atoms with Gasteiger partial charge in [0.2, 0.25) is 0 Å². The first-order valence-electron chi connectivity index (χ1n) is 13.5. The highest BCUT2D eigenvalue weighted by Crippen LogP contribution is 2.39. The lowest BCUT2D eigenvalue weighted by Crippen LogP contribution is -2.41. The zero-order valence-electron chi connectivity index (χ0n) is 23.5. The van der Waals surface area contributed by atoms with Crippen molar-refractivity contribution in [3.8, 4) is 6.07 Å². The molecule has 12 heteroatoms. The highest BCUT2D eigenvalue weighted by molar-refractivity contribution is 6.36. The van der Waals surface area contributed by atoms with Gasteiger partial charge in [0.1, 0.15) is 11.9 Å². The lowest BCUT2D eigenvalue weighted by molar-refractivity contribution is 0.0815. The molecule has 4 N–H and O–H groups in total. The Bertz CT molecular complexity index is 1850. The molecule has 43 heavy (non-hydrogen) atoms. The van der Waals surface area contributed by atoms with Crippen molar-refractivity contribution in [2.75, 3.05) is 17.7 Å². The molecule has 1 amide bonds. The van der Waals surface area contributed by atoms with Crippen molar-refractivity contribution in [1.82, 2.24) is 25.9 Å². The molecule has 0 spiro atoms. The molecule has 0 aliphatic carbocycles. The van der Waals surface area contributed by atoms with Gasteiger partial charge in [-0.1, -0.05) is 41.4 Å². The maximum absolute atomic E-state index is 13.8. The average Bonchev–Trinajstić information content (AvgIpc) is 3.59. The monoisotopic (exact) mass is 616 g/mol. The Labute approximate surface area is 257 Å². The second-order valence-corrected chi connectivity index (χ2v) is 11.5. The van der Waals surface area contributed by atoms with Gasteiger partial charge in [0, 0.05) is 48.8 Å². The highest BCUT2D eigenvalue weighted by Gasteiger charge is 2.33. The first-order valence-corrected chi connectivity index (χ1v) is 14.3. The number of amides is 1. The molecule has 0 fully saturated rings. The molecular formula is C31H27Cl2FN8O. The van der Waals surface area contributed by atoms with Crippen LogP contribution in [0.3, 0.4) is 0 Å². The molecule has 9 nitrogen and oxygen atoms in total. The van der Waals surface area contributed by atoms with Crippen LogP contribution in [0.15, 0.2) is 66.6 Å². The molecule has 3 heterocycles. The molecule has 6 rings (SSSR count). The van der Waals surface area contributed by atoms with Crippen molar-refractivity contribution in [1.29, 1.82) is 5.26 Å². The number of carbonyl (C=O) groups excluding carboxylic acids is 1. The van der Waals surface area contributed by atoms with Gasteiger partial charge in [-0.15, -0.1) is 5.53 Å². The SMILES string of the molecule is CC(C)N1C=C([C@@H](Nc2cc(Cl)c3ncc(C#N)c(Nc4ccc(F)c(Cl)c4)c3c2)c2cccc3c2C(=O)N(C)C3)NN1. The molecular weight excluding hydrogens is 590 g/mol. The first-order chi connectivity index (χ1) is 20.6. The van der Waals surface area contributed by atoms with Gasteiger partial charge in [-0.3, -0.25) is 14.8 Å². The number of aromatic nitrogens is 1. The summed E-state index contributed by atoms with van der Waals surface area (Å²) in [4.78, 5) is 19.4. The van der Waals surface area contributed by atoms with E-state index in [1.165, 1.54) is 24.4 Å². The lowest BCUT2D eigenvalue weighted by Gasteiger charge is -2.24. The Hall–Kier alpha value is -4.56. The summed E-state index contributed by atoms with van der Waals surface area (Å²) in [6, 6.07) is 15.5. The van der Waals surface area contributed by atoms with Crippen molar-refractivity contribution in [2.24, 2.45) is 0 Å². The van der Waals surface area contributed by atoms with Crippen LogP contribution in [0.1, 0.15) is 46.9 Å². The van der Waals surface area contributed by atoms with E-state index in [-0.39, 0.29) is 22.5 Å². The molecule has 0 saturated heterocycles. The molecule has 0 radical (unpaired) electrons. The minimum absolute atomic E-state index is 0.0477. The molecule has 218 valence electrons. The smallest absolute Gasteiger partial charge is 0.254 e. The lowest BCUT2D eigenvalue weighted by atomic mass is 9.95. The average molecular weight is 618 g/mol. The number of nitriles is 1. The molecule has 3 aromatic carbocycles. The van der Waals surface area contributed by atoms with Crippen molar-refractivity contribution < 1.29 is 9.18 Å². The van der Waals surface area contributed by atoms with E-state index in [0.29, 0.717) is 45.1 Å². The van der Waals surface area contributed by atoms with Crippen LogP contribution >= 0.6 is 23.2 Å². The fraction of sp³-hybridized carbons (Fsp3) is 0.194. The fourth-order valence-corrected chi connectivity index (χ4v) is 5.76. The van der Waals surface area contributed by atoms with Crippen LogP contribution in [0.25, 0.3) is 10.9 Å². The topological polar surface area (TPSA) is 108 Å². The summed E-state index contributed by atoms with van der Waals surface area (Å²) < 4.78 is 13.8. The zero-order chi connectivity index (χ0) is 30.4. The largest absolute Gasteiger partial charge is 0.373 e. The minimum Gasteiger partial charge on any atom is -0.373 e. The summed E-state index contributed by atoms with van der Waals surface area (Å²) in [5.41, 5.74) is 11.9. The summed E-state index contributed by atoms with van der Waals surface area (Å²) in [6.45, 7) is 4.65. The van der Waals surface area contributed by atoms with Crippen LogP contribution < -0.4 is 21.6 Å². The van der Waals surface area contributed by atoms with Crippen molar-refractivity contribution in [2.45, 2.75) is 32.5 Å². The molecule has 2 aliphatic rings. The van der Waals surface area contributed by atoms with Crippen LogP contribution in [-0.2, 0) is 6.54 Å². The second kappa shape index (κ2) is 11.3. The number of fused-ring (bicyclic) bond motifs is 2. The number of rotatable bonds is 7. The van der Waals surface area contributed by atoms with Crippen molar-refractivity contribution in [3.05, 3.63) is 105 Å². The van der Waals surface area contributed by atoms with Crippen LogP contribution in [0.5, 0.6) is 0 Å². The summed E-state index contributed by atoms with van der Waals surface area (Å²) >= 11 is 12.8. The Kier molecular flexibility index (Phi) is 7.48. The highest BCUT2D eigenvalue weighted by atomic mass is 35.5. The third kappa shape index (κ3) is 5.27. The van der Waals surface area contributed by atoms with Crippen LogP contribution in [0.2, 0.25) is 10.0 Å². The number of hydrazine groups is 2. The molecule has 1 aromatic heterocycles. The molecule has 2 aliphatic heterocycles. The second-order valence-electron chi connectivity index (χ2n) is 10.7. The predicted octanol–water partition coefficient (Wildman–Crippen LogP) is 6.61. The number of nitrogens with one attached hydrogen (secondary N) is 4. The van der Waals surface area contributed by atoms with E-state index in [4.69, 9.17) is 23.2 Å². The first kappa shape index (κ1) is 28.6. The fourth-order valence-electron chi connectivity index (χ4n) is 5.31. The number of benzene rings is 3. The van der Waals surface area contributed by atoms with E-state index in [0.717, 1.165) is 16.8 Å². The van der Waals surface area contributed by atoms with Gasteiger partial charge in [-0.25, -0.2) is 4.39 Å². The van der Waals surface area contributed by atoms with Crippen molar-refractivity contribution >= 4 is 57.1 Å². The molecule has 0 unspecified atom stereocenters. The quantitative estimate of drug-likeness (QED) is 0.184. The summed E-state index contributed by atoms with van der Waals surface area (Å²) in [6.07, 6.45) is 3.40. The standard InChI is InChI=1S/C31H27Cl2FN8O/c1-16(2)42-15-26(39-40-42)30(21-6-4-5-17-14-41(3)31(43)27(17)21)38-20-9-22-28(37-19-7-8-25(34)23(32)10-19)18(12-35)13-36-29(22)24(33)11-20/h4-11,13,15-16,30,38-40H,14H2,1-3H3,(H,36,37)/t30-/m0/s1. The van der Waals surface area contributed by atoms with E-state index in [1.54, 1.807) is 18.0 Å². The number of nitrogens with zero attached hydrogens (tertiary/aromatic N) is 4. The number of anilines is 3. The number of hydrogen-bond donors (Lipinski definition) is 4. The Morgan fingerprint density at radius 3 is 2.63 bits per heavy atom. The van der Waals surface area contributed by atoms with Crippen LogP contribution in [0.4, 0.5) is 21.5 Å². The van der Waals surface area contributed by atoms with Gasteiger partial charge in [0.25, 0.3) is 5.91 Å². The number of carbonyl (C=O) groups is 1. The third-order valence-corrected chi connectivity index (χ3v) is 8.06. The van der Waals surface area contributed by atoms with Crippen molar-refractivity contribution in [3.63, 3.8) is 0 Å². The molecule has 0 saturated carbocycles. The van der Waals surface area contributed by atoms with Gasteiger partial charge >= 0.3 is 0 Å². The summed E-state index contributed by atoms with van der Waals surface area (Å²) in [5.74, 6) is -0.598. The normalized spacial score (nSPS) is 14.9. The van der Waals surface area contributed by atoms with Gasteiger partial charge in [-0.05, 0) is 55.3 Å². The summed E-state index contributed by atoms with van der Waals surface area (Å²) in [5, 5.41) is 19.5. The molecule has 4 aromatic rings. The van der Waals surface area contributed by atoms with Gasteiger partial charge < -0.3 is 21.0 Å². The predicted molar refractivity (Wildman–Crippen MR) is 166 cm³/mol. The maximum atomic E-state index is 13.8. The number of pyridine rings is 1. The number of hydrogen-bond acceptors (Lipinski definition) is 8. The van der Waals surface area contributed by atoms with E-state index >= 15 is 0 Å². The molecule has 1 atom stereocenters. The van der Waals surface area contributed by atoms with Gasteiger partial charge in [-0.2, -0.15) is 5.26 Å².